The molecule has 0 heterocycles. The maximum atomic E-state index is 5.69. The first-order valence-corrected chi connectivity index (χ1v) is 7.37. The van der Waals surface area contributed by atoms with Gasteiger partial charge in [0.15, 0.2) is 0 Å². The van der Waals surface area contributed by atoms with E-state index in [-0.39, 0.29) is 0 Å². The van der Waals surface area contributed by atoms with E-state index < -0.39 is 0 Å². The summed E-state index contributed by atoms with van der Waals surface area (Å²) in [4.78, 5) is 2.38. The van der Waals surface area contributed by atoms with Crippen LogP contribution in [0.25, 0.3) is 0 Å². The summed E-state index contributed by atoms with van der Waals surface area (Å²) in [6, 6.07) is 8.49. The van der Waals surface area contributed by atoms with Crippen molar-refractivity contribution in [2.75, 3.05) is 20.2 Å². The lowest BCUT2D eigenvalue weighted by Gasteiger charge is -2.18. The predicted octanol–water partition coefficient (Wildman–Crippen LogP) is 4.20. The van der Waals surface area contributed by atoms with Gasteiger partial charge in [0.25, 0.3) is 0 Å². The van der Waals surface area contributed by atoms with Crippen LogP contribution in [0.5, 0.6) is 5.75 Å². The maximum absolute atomic E-state index is 5.69. The average Bonchev–Trinajstić information content (AvgIpc) is 2.35. The Morgan fingerprint density at radius 2 is 1.63 bits per heavy atom. The number of hydrogen-bond acceptors (Lipinski definition) is 2. The monoisotopic (exact) mass is 263 g/mol. The van der Waals surface area contributed by atoms with Gasteiger partial charge in [-0.15, -0.1) is 0 Å². The summed E-state index contributed by atoms with van der Waals surface area (Å²) in [6.45, 7) is 11.8. The zero-order valence-electron chi connectivity index (χ0n) is 13.1. The smallest absolute Gasteiger partial charge is 0.119 e. The van der Waals surface area contributed by atoms with Crippen molar-refractivity contribution in [1.82, 2.24) is 4.90 Å². The molecule has 0 amide bonds. The molecule has 0 unspecified atom stereocenters. The van der Waals surface area contributed by atoms with Crippen LogP contribution in [0.15, 0.2) is 24.3 Å². The minimum Gasteiger partial charge on any atom is -0.493 e. The molecule has 0 radical (unpaired) electrons. The molecule has 0 N–H and O–H groups in total. The number of nitrogens with zero attached hydrogens (tertiary/aromatic N) is 1. The van der Waals surface area contributed by atoms with Crippen LogP contribution in [-0.2, 0) is 6.54 Å². The van der Waals surface area contributed by atoms with E-state index >= 15 is 0 Å². The largest absolute Gasteiger partial charge is 0.493 e. The summed E-state index contributed by atoms with van der Waals surface area (Å²) in [5.74, 6) is 2.32. The SMILES string of the molecule is CC(C)CCN(C)Cc1ccc(OCC(C)C)cc1. The van der Waals surface area contributed by atoms with E-state index in [2.05, 4.69) is 63.9 Å². The standard InChI is InChI=1S/C17H29NO/c1-14(2)10-11-18(5)12-16-6-8-17(9-7-16)19-13-15(3)4/h6-9,14-15H,10-13H2,1-5H3. The molecule has 0 bridgehead atoms. The molecule has 108 valence electrons. The van der Waals surface area contributed by atoms with Gasteiger partial charge in [-0.2, -0.15) is 0 Å². The van der Waals surface area contributed by atoms with Gasteiger partial charge in [0.1, 0.15) is 5.75 Å². The molecule has 1 aromatic rings. The van der Waals surface area contributed by atoms with E-state index in [1.807, 2.05) is 0 Å². The normalized spacial score (nSPS) is 11.6. The van der Waals surface area contributed by atoms with Crippen molar-refractivity contribution in [3.05, 3.63) is 29.8 Å². The lowest BCUT2D eigenvalue weighted by Crippen LogP contribution is -2.20. The Bertz CT molecular complexity index is 343. The van der Waals surface area contributed by atoms with Crippen LogP contribution in [0.1, 0.15) is 39.7 Å². The van der Waals surface area contributed by atoms with Crippen molar-refractivity contribution in [3.63, 3.8) is 0 Å². The number of rotatable bonds is 8. The Labute approximate surface area is 118 Å². The van der Waals surface area contributed by atoms with Crippen LogP contribution in [0.3, 0.4) is 0 Å². The van der Waals surface area contributed by atoms with Crippen molar-refractivity contribution in [3.8, 4) is 5.75 Å². The molecule has 0 saturated carbocycles. The lowest BCUT2D eigenvalue weighted by atomic mass is 10.1. The number of hydrogen-bond donors (Lipinski definition) is 0. The first-order chi connectivity index (χ1) is 8.97. The summed E-state index contributed by atoms with van der Waals surface area (Å²) < 4.78 is 5.69. The number of benzene rings is 1. The highest BCUT2D eigenvalue weighted by Crippen LogP contribution is 2.14. The molecule has 1 rings (SSSR count). The highest BCUT2D eigenvalue weighted by Gasteiger charge is 2.03. The van der Waals surface area contributed by atoms with Crippen LogP contribution in [0.2, 0.25) is 0 Å². The van der Waals surface area contributed by atoms with Crippen LogP contribution in [-0.4, -0.2) is 25.1 Å². The molecule has 0 atom stereocenters. The third-order valence-electron chi connectivity index (χ3n) is 3.05. The quantitative estimate of drug-likeness (QED) is 0.697. The summed E-state index contributed by atoms with van der Waals surface area (Å²) in [6.07, 6.45) is 1.26. The van der Waals surface area contributed by atoms with Gasteiger partial charge in [-0.05, 0) is 49.5 Å². The first-order valence-electron chi connectivity index (χ1n) is 7.37. The lowest BCUT2D eigenvalue weighted by molar-refractivity contribution is 0.270. The molecule has 19 heavy (non-hydrogen) atoms. The Balaban J connectivity index is 2.39. The van der Waals surface area contributed by atoms with Gasteiger partial charge >= 0.3 is 0 Å². The molecule has 0 aliphatic rings. The first kappa shape index (κ1) is 16.0. The van der Waals surface area contributed by atoms with E-state index in [9.17, 15) is 0 Å². The topological polar surface area (TPSA) is 12.5 Å². The molecule has 0 spiro atoms. The fourth-order valence-electron chi connectivity index (χ4n) is 1.82. The van der Waals surface area contributed by atoms with Crippen molar-refractivity contribution in [2.24, 2.45) is 11.8 Å². The van der Waals surface area contributed by atoms with Crippen molar-refractivity contribution in [1.29, 1.82) is 0 Å². The Hall–Kier alpha value is -1.02. The summed E-state index contributed by atoms with van der Waals surface area (Å²) in [5, 5.41) is 0. The van der Waals surface area contributed by atoms with E-state index in [0.29, 0.717) is 5.92 Å². The average molecular weight is 263 g/mol. The molecular weight excluding hydrogens is 234 g/mol. The van der Waals surface area contributed by atoms with Crippen molar-refractivity contribution < 1.29 is 4.74 Å². The Kier molecular flexibility index (Phi) is 6.93. The molecule has 2 heteroatoms. The van der Waals surface area contributed by atoms with Crippen LogP contribution in [0.4, 0.5) is 0 Å². The molecule has 0 aliphatic carbocycles. The Morgan fingerprint density at radius 1 is 1.00 bits per heavy atom. The van der Waals surface area contributed by atoms with E-state index in [0.717, 1.165) is 31.4 Å². The fourth-order valence-corrected chi connectivity index (χ4v) is 1.82. The third-order valence-corrected chi connectivity index (χ3v) is 3.05. The van der Waals surface area contributed by atoms with Gasteiger partial charge in [-0.25, -0.2) is 0 Å². The zero-order chi connectivity index (χ0) is 14.3. The highest BCUT2D eigenvalue weighted by atomic mass is 16.5. The van der Waals surface area contributed by atoms with Gasteiger partial charge in [0, 0.05) is 6.54 Å². The van der Waals surface area contributed by atoms with Crippen molar-refractivity contribution >= 4 is 0 Å². The number of ether oxygens (including phenoxy) is 1. The molecule has 2 nitrogen and oxygen atoms in total. The summed E-state index contributed by atoms with van der Waals surface area (Å²) in [7, 11) is 2.19. The van der Waals surface area contributed by atoms with Gasteiger partial charge in [-0.3, -0.25) is 0 Å². The second kappa shape index (κ2) is 8.21. The molecule has 1 aromatic carbocycles. The highest BCUT2D eigenvalue weighted by molar-refractivity contribution is 5.27. The Morgan fingerprint density at radius 3 is 2.16 bits per heavy atom. The van der Waals surface area contributed by atoms with Gasteiger partial charge in [0.2, 0.25) is 0 Å². The van der Waals surface area contributed by atoms with Crippen LogP contribution in [0, 0.1) is 11.8 Å². The predicted molar refractivity (Wildman–Crippen MR) is 82.6 cm³/mol. The maximum Gasteiger partial charge on any atom is 0.119 e. The summed E-state index contributed by atoms with van der Waals surface area (Å²) >= 11 is 0. The second-order valence-corrected chi connectivity index (χ2v) is 6.27. The molecule has 0 aliphatic heterocycles. The minimum atomic E-state index is 0.571. The van der Waals surface area contributed by atoms with E-state index in [1.165, 1.54) is 12.0 Å². The third kappa shape index (κ3) is 7.22. The molecule has 0 saturated heterocycles. The molecular formula is C17H29NO. The van der Waals surface area contributed by atoms with Crippen molar-refractivity contribution in [2.45, 2.75) is 40.7 Å². The van der Waals surface area contributed by atoms with Gasteiger partial charge < -0.3 is 9.64 Å². The molecule has 0 aromatic heterocycles. The van der Waals surface area contributed by atoms with Gasteiger partial charge in [0.05, 0.1) is 6.61 Å². The van der Waals surface area contributed by atoms with Crippen LogP contribution >= 0.6 is 0 Å². The second-order valence-electron chi connectivity index (χ2n) is 6.27. The zero-order valence-corrected chi connectivity index (χ0v) is 13.1. The molecule has 0 fully saturated rings. The van der Waals surface area contributed by atoms with Gasteiger partial charge in [-0.1, -0.05) is 39.8 Å². The van der Waals surface area contributed by atoms with E-state index in [4.69, 9.17) is 4.74 Å². The van der Waals surface area contributed by atoms with E-state index in [1.54, 1.807) is 0 Å². The minimum absolute atomic E-state index is 0.571. The van der Waals surface area contributed by atoms with Crippen LogP contribution < -0.4 is 4.74 Å². The summed E-state index contributed by atoms with van der Waals surface area (Å²) in [5.41, 5.74) is 1.35. The fraction of sp³-hybridized carbons (Fsp3) is 0.647.